The van der Waals surface area contributed by atoms with Crippen LogP contribution in [-0.4, -0.2) is 47.2 Å². The van der Waals surface area contributed by atoms with Crippen molar-refractivity contribution in [1.29, 1.82) is 0 Å². The molecule has 3 rings (SSSR count). The molecule has 2 unspecified atom stereocenters. The van der Waals surface area contributed by atoms with Gasteiger partial charge in [-0.15, -0.1) is 0 Å². The van der Waals surface area contributed by atoms with Crippen molar-refractivity contribution in [2.75, 3.05) is 25.0 Å². The number of hydrogen-bond donors (Lipinski definition) is 1. The normalized spacial score (nSPS) is 26.4. The van der Waals surface area contributed by atoms with Crippen LogP contribution < -0.4 is 4.90 Å². The molecule has 1 aromatic rings. The van der Waals surface area contributed by atoms with E-state index in [-0.39, 0.29) is 6.61 Å². The monoisotopic (exact) mass is 289 g/mol. The molecule has 0 aromatic carbocycles. The zero-order valence-corrected chi connectivity index (χ0v) is 13.4. The van der Waals surface area contributed by atoms with E-state index >= 15 is 0 Å². The lowest BCUT2D eigenvalue weighted by atomic mass is 10.1. The molecule has 116 valence electrons. The fourth-order valence-electron chi connectivity index (χ4n) is 3.66. The Morgan fingerprint density at radius 3 is 2.71 bits per heavy atom. The van der Waals surface area contributed by atoms with Crippen LogP contribution in [0.2, 0.25) is 0 Å². The zero-order chi connectivity index (χ0) is 15.0. The van der Waals surface area contributed by atoms with Crippen molar-refractivity contribution in [3.8, 4) is 0 Å². The molecule has 4 heteroatoms. The Morgan fingerprint density at radius 2 is 2.00 bits per heavy atom. The van der Waals surface area contributed by atoms with Gasteiger partial charge in [0, 0.05) is 30.9 Å². The Balaban J connectivity index is 1.87. The van der Waals surface area contributed by atoms with Crippen LogP contribution in [0.4, 0.5) is 5.82 Å². The minimum atomic E-state index is 0.0923. The summed E-state index contributed by atoms with van der Waals surface area (Å²) in [7, 11) is 2.27. The van der Waals surface area contributed by atoms with Gasteiger partial charge in [-0.05, 0) is 49.9 Å². The van der Waals surface area contributed by atoms with E-state index in [0.717, 1.165) is 36.2 Å². The first-order valence-corrected chi connectivity index (χ1v) is 8.17. The fraction of sp³-hybridized carbons (Fsp3) is 0.706. The van der Waals surface area contributed by atoms with Crippen molar-refractivity contribution in [3.63, 3.8) is 0 Å². The van der Waals surface area contributed by atoms with Crippen molar-refractivity contribution in [1.82, 2.24) is 9.88 Å². The molecule has 4 nitrogen and oxygen atoms in total. The Labute approximate surface area is 127 Å². The molecule has 0 saturated carbocycles. The van der Waals surface area contributed by atoms with E-state index in [1.807, 2.05) is 6.07 Å². The predicted octanol–water partition coefficient (Wildman–Crippen LogP) is 2.37. The molecule has 2 aliphatic heterocycles. The summed E-state index contributed by atoms with van der Waals surface area (Å²) in [6.45, 7) is 6.54. The maximum Gasteiger partial charge on any atom is 0.129 e. The van der Waals surface area contributed by atoms with E-state index in [0.29, 0.717) is 12.0 Å². The Morgan fingerprint density at radius 1 is 1.24 bits per heavy atom. The topological polar surface area (TPSA) is 39.6 Å². The van der Waals surface area contributed by atoms with Gasteiger partial charge in [-0.1, -0.05) is 13.8 Å². The van der Waals surface area contributed by atoms with Crippen LogP contribution >= 0.6 is 0 Å². The molecule has 1 aromatic heterocycles. The van der Waals surface area contributed by atoms with Gasteiger partial charge in [0.25, 0.3) is 0 Å². The number of fused-ring (bicyclic) bond motifs is 2. The molecule has 0 spiro atoms. The highest BCUT2D eigenvalue weighted by atomic mass is 16.3. The lowest BCUT2D eigenvalue weighted by Gasteiger charge is -2.27. The molecule has 2 bridgehead atoms. The molecule has 2 atom stereocenters. The van der Waals surface area contributed by atoms with E-state index < -0.39 is 0 Å². The second-order valence-electron chi connectivity index (χ2n) is 6.86. The van der Waals surface area contributed by atoms with Crippen LogP contribution in [0.1, 0.15) is 50.3 Å². The Kier molecular flexibility index (Phi) is 4.18. The number of aliphatic hydroxyl groups excluding tert-OH is 1. The number of hydrogen-bond acceptors (Lipinski definition) is 4. The number of anilines is 1. The third-order valence-corrected chi connectivity index (χ3v) is 5.14. The van der Waals surface area contributed by atoms with Crippen molar-refractivity contribution in [2.45, 2.75) is 57.7 Å². The van der Waals surface area contributed by atoms with Crippen LogP contribution in [0.15, 0.2) is 12.1 Å². The molecule has 1 N–H and O–H groups in total. The second kappa shape index (κ2) is 5.93. The molecule has 2 fully saturated rings. The number of pyridine rings is 1. The Bertz CT molecular complexity index is 503. The van der Waals surface area contributed by atoms with Crippen molar-refractivity contribution in [3.05, 3.63) is 23.4 Å². The zero-order valence-electron chi connectivity index (χ0n) is 13.4. The summed E-state index contributed by atoms with van der Waals surface area (Å²) in [6, 6.07) is 5.49. The minimum Gasteiger partial charge on any atom is -0.392 e. The fourth-order valence-corrected chi connectivity index (χ4v) is 3.66. The van der Waals surface area contributed by atoms with Gasteiger partial charge in [0.05, 0.1) is 6.61 Å². The van der Waals surface area contributed by atoms with E-state index in [9.17, 15) is 5.11 Å². The number of aromatic nitrogens is 1. The molecular formula is C17H27N3O. The summed E-state index contributed by atoms with van der Waals surface area (Å²) in [6.07, 6.45) is 3.86. The van der Waals surface area contributed by atoms with E-state index in [2.05, 4.69) is 36.8 Å². The average Bonchev–Trinajstić information content (AvgIpc) is 2.71. The lowest BCUT2D eigenvalue weighted by molar-refractivity contribution is 0.254. The van der Waals surface area contributed by atoms with Gasteiger partial charge in [-0.25, -0.2) is 4.98 Å². The summed E-state index contributed by atoms with van der Waals surface area (Å²) < 4.78 is 0. The first-order chi connectivity index (χ1) is 10.1. The third-order valence-electron chi connectivity index (χ3n) is 5.14. The molecule has 0 amide bonds. The lowest BCUT2D eigenvalue weighted by Crippen LogP contribution is -2.37. The number of nitrogens with zero attached hydrogens (tertiary/aromatic N) is 3. The standard InChI is InChI=1S/C17H27N3O/c1-12(2)16-8-13(11-21)9-17(18-16)20-7-6-14-4-5-15(10-20)19(14)3/h8-9,12,14-15,21H,4-7,10-11H2,1-3H3. The van der Waals surface area contributed by atoms with Crippen LogP contribution in [0.25, 0.3) is 0 Å². The van der Waals surface area contributed by atoms with Crippen molar-refractivity contribution >= 4 is 5.82 Å². The quantitative estimate of drug-likeness (QED) is 0.927. The van der Waals surface area contributed by atoms with Crippen LogP contribution in [0.3, 0.4) is 0 Å². The summed E-state index contributed by atoms with van der Waals surface area (Å²) in [5.41, 5.74) is 2.06. The third kappa shape index (κ3) is 2.92. The largest absolute Gasteiger partial charge is 0.392 e. The van der Waals surface area contributed by atoms with E-state index in [1.54, 1.807) is 0 Å². The summed E-state index contributed by atoms with van der Waals surface area (Å²) in [5, 5.41) is 9.51. The second-order valence-corrected chi connectivity index (χ2v) is 6.86. The summed E-state index contributed by atoms with van der Waals surface area (Å²) in [5.74, 6) is 1.44. The van der Waals surface area contributed by atoms with Gasteiger partial charge in [0.15, 0.2) is 0 Å². The molecule has 21 heavy (non-hydrogen) atoms. The predicted molar refractivity (Wildman–Crippen MR) is 85.7 cm³/mol. The highest BCUT2D eigenvalue weighted by Crippen LogP contribution is 2.31. The van der Waals surface area contributed by atoms with Gasteiger partial charge in [-0.2, -0.15) is 0 Å². The highest BCUT2D eigenvalue weighted by molar-refractivity contribution is 5.44. The van der Waals surface area contributed by atoms with Gasteiger partial charge in [-0.3, -0.25) is 4.90 Å². The van der Waals surface area contributed by atoms with Crippen molar-refractivity contribution in [2.24, 2.45) is 0 Å². The summed E-state index contributed by atoms with van der Waals surface area (Å²) >= 11 is 0. The number of rotatable bonds is 3. The van der Waals surface area contributed by atoms with E-state index in [4.69, 9.17) is 4.98 Å². The maximum atomic E-state index is 9.51. The number of aliphatic hydroxyl groups is 1. The highest BCUT2D eigenvalue weighted by Gasteiger charge is 2.35. The first kappa shape index (κ1) is 14.8. The molecule has 2 saturated heterocycles. The number of likely N-dealkylation sites (N-methyl/N-ethyl adjacent to an activating group) is 1. The SMILES string of the molecule is CC(C)c1cc(CO)cc(N2CCC3CCC(C2)N3C)n1. The van der Waals surface area contributed by atoms with E-state index in [1.165, 1.54) is 19.3 Å². The van der Waals surface area contributed by atoms with Gasteiger partial charge >= 0.3 is 0 Å². The molecule has 3 heterocycles. The van der Waals surface area contributed by atoms with Crippen LogP contribution in [0.5, 0.6) is 0 Å². The molecule has 0 radical (unpaired) electrons. The summed E-state index contributed by atoms with van der Waals surface area (Å²) in [4.78, 5) is 9.83. The molecule has 0 aliphatic carbocycles. The van der Waals surface area contributed by atoms with Crippen molar-refractivity contribution < 1.29 is 5.11 Å². The van der Waals surface area contributed by atoms with Gasteiger partial charge < -0.3 is 10.0 Å². The van der Waals surface area contributed by atoms with Crippen LogP contribution in [0, 0.1) is 0 Å². The molecule has 2 aliphatic rings. The minimum absolute atomic E-state index is 0.0923. The van der Waals surface area contributed by atoms with Gasteiger partial charge in [0.2, 0.25) is 0 Å². The molecular weight excluding hydrogens is 262 g/mol. The van der Waals surface area contributed by atoms with Crippen LogP contribution in [-0.2, 0) is 6.61 Å². The first-order valence-electron chi connectivity index (χ1n) is 8.17. The maximum absolute atomic E-state index is 9.51. The van der Waals surface area contributed by atoms with Gasteiger partial charge in [0.1, 0.15) is 5.82 Å². The Hall–Kier alpha value is -1.13. The smallest absolute Gasteiger partial charge is 0.129 e. The average molecular weight is 289 g/mol.